The van der Waals surface area contributed by atoms with Crippen LogP contribution in [0.4, 0.5) is 11.6 Å². The summed E-state index contributed by atoms with van der Waals surface area (Å²) in [6, 6.07) is 20.1. The highest BCUT2D eigenvalue weighted by molar-refractivity contribution is 6.12. The number of imidazole rings is 1. The van der Waals surface area contributed by atoms with Crippen LogP contribution in [0.15, 0.2) is 79.1 Å². The lowest BCUT2D eigenvalue weighted by molar-refractivity contribution is 0.101. The van der Waals surface area contributed by atoms with Crippen molar-refractivity contribution < 1.29 is 9.59 Å². The SMILES string of the molecule is O=C(Nc1nc2c(C(=O)Nc3ccc4[nH]ncc4c3)cccc2[nH]1)c1cc2ccccc2cn1. The van der Waals surface area contributed by atoms with E-state index in [1.54, 1.807) is 42.7 Å². The van der Waals surface area contributed by atoms with Crippen LogP contribution < -0.4 is 10.6 Å². The molecular weight excluding hydrogens is 430 g/mol. The molecule has 4 N–H and O–H groups in total. The predicted octanol–water partition coefficient (Wildman–Crippen LogP) is 4.49. The zero-order chi connectivity index (χ0) is 23.1. The smallest absolute Gasteiger partial charge is 0.276 e. The molecule has 0 radical (unpaired) electrons. The third-order valence-electron chi connectivity index (χ3n) is 5.55. The van der Waals surface area contributed by atoms with E-state index in [1.807, 2.05) is 36.4 Å². The predicted molar refractivity (Wildman–Crippen MR) is 130 cm³/mol. The van der Waals surface area contributed by atoms with Crippen LogP contribution in [0.3, 0.4) is 0 Å². The third-order valence-corrected chi connectivity index (χ3v) is 5.55. The van der Waals surface area contributed by atoms with Crippen molar-refractivity contribution in [2.75, 3.05) is 10.6 Å². The van der Waals surface area contributed by atoms with Crippen molar-refractivity contribution in [1.29, 1.82) is 0 Å². The Morgan fingerprint density at radius 3 is 2.56 bits per heavy atom. The average Bonchev–Trinajstić information content (AvgIpc) is 3.49. The van der Waals surface area contributed by atoms with E-state index in [2.05, 4.69) is 35.8 Å². The molecule has 9 nitrogen and oxygen atoms in total. The number of para-hydroxylation sites is 1. The third kappa shape index (κ3) is 3.51. The van der Waals surface area contributed by atoms with E-state index in [-0.39, 0.29) is 17.5 Å². The molecule has 0 aliphatic carbocycles. The van der Waals surface area contributed by atoms with Gasteiger partial charge in [-0.15, -0.1) is 0 Å². The highest BCUT2D eigenvalue weighted by Crippen LogP contribution is 2.22. The van der Waals surface area contributed by atoms with E-state index in [1.165, 1.54) is 0 Å². The molecule has 0 aliphatic heterocycles. The first-order chi connectivity index (χ1) is 16.6. The van der Waals surface area contributed by atoms with Crippen LogP contribution in [0.1, 0.15) is 20.8 Å². The molecule has 6 aromatic rings. The fourth-order valence-corrected chi connectivity index (χ4v) is 3.87. The summed E-state index contributed by atoms with van der Waals surface area (Å²) in [6.45, 7) is 0. The van der Waals surface area contributed by atoms with Gasteiger partial charge in [0.1, 0.15) is 11.2 Å². The summed E-state index contributed by atoms with van der Waals surface area (Å²) in [7, 11) is 0. The van der Waals surface area contributed by atoms with Crippen LogP contribution in [0.5, 0.6) is 0 Å². The quantitative estimate of drug-likeness (QED) is 0.316. The number of nitrogens with one attached hydrogen (secondary N) is 4. The maximum atomic E-state index is 13.0. The zero-order valence-corrected chi connectivity index (χ0v) is 17.7. The summed E-state index contributed by atoms with van der Waals surface area (Å²) >= 11 is 0. The van der Waals surface area contributed by atoms with Gasteiger partial charge < -0.3 is 10.3 Å². The van der Waals surface area contributed by atoms with Gasteiger partial charge in [0, 0.05) is 22.7 Å². The molecule has 0 bridgehead atoms. The van der Waals surface area contributed by atoms with Gasteiger partial charge in [-0.3, -0.25) is 25.0 Å². The summed E-state index contributed by atoms with van der Waals surface area (Å²) in [5.74, 6) is -0.478. The van der Waals surface area contributed by atoms with E-state index >= 15 is 0 Å². The molecule has 0 atom stereocenters. The molecule has 0 aliphatic rings. The molecule has 3 heterocycles. The topological polar surface area (TPSA) is 128 Å². The van der Waals surface area contributed by atoms with E-state index in [9.17, 15) is 9.59 Å². The van der Waals surface area contributed by atoms with Gasteiger partial charge in [-0.1, -0.05) is 30.3 Å². The van der Waals surface area contributed by atoms with Crippen molar-refractivity contribution in [2.24, 2.45) is 0 Å². The van der Waals surface area contributed by atoms with Gasteiger partial charge in [-0.25, -0.2) is 4.98 Å². The van der Waals surface area contributed by atoms with E-state index in [0.717, 1.165) is 21.7 Å². The molecule has 0 saturated heterocycles. The maximum absolute atomic E-state index is 13.0. The van der Waals surface area contributed by atoms with Gasteiger partial charge in [-0.2, -0.15) is 5.10 Å². The first-order valence-corrected chi connectivity index (χ1v) is 10.5. The first kappa shape index (κ1) is 19.6. The molecule has 0 spiro atoms. The van der Waals surface area contributed by atoms with Crippen LogP contribution >= 0.6 is 0 Å². The number of anilines is 2. The highest BCUT2D eigenvalue weighted by Gasteiger charge is 2.16. The lowest BCUT2D eigenvalue weighted by atomic mass is 10.1. The van der Waals surface area contributed by atoms with Gasteiger partial charge in [0.05, 0.1) is 22.8 Å². The van der Waals surface area contributed by atoms with Crippen LogP contribution in [-0.4, -0.2) is 37.0 Å². The second-order valence-corrected chi connectivity index (χ2v) is 7.78. The first-order valence-electron chi connectivity index (χ1n) is 10.5. The van der Waals surface area contributed by atoms with Gasteiger partial charge in [0.25, 0.3) is 11.8 Å². The van der Waals surface area contributed by atoms with Crippen LogP contribution in [-0.2, 0) is 0 Å². The number of fused-ring (bicyclic) bond motifs is 3. The van der Waals surface area contributed by atoms with Crippen molar-refractivity contribution in [3.8, 4) is 0 Å². The number of H-pyrrole nitrogens is 2. The van der Waals surface area contributed by atoms with Crippen LogP contribution in [0.25, 0.3) is 32.7 Å². The number of aromatic amines is 2. The molecular formula is C25H17N7O2. The molecule has 9 heteroatoms. The number of carbonyl (C=O) groups excluding carboxylic acids is 2. The number of aromatic nitrogens is 5. The van der Waals surface area contributed by atoms with Crippen molar-refractivity contribution in [2.45, 2.75) is 0 Å². The van der Waals surface area contributed by atoms with Crippen molar-refractivity contribution in [3.63, 3.8) is 0 Å². The fraction of sp³-hybridized carbons (Fsp3) is 0. The second kappa shape index (κ2) is 7.82. The Labute approximate surface area is 192 Å². The lowest BCUT2D eigenvalue weighted by Crippen LogP contribution is -2.14. The van der Waals surface area contributed by atoms with Gasteiger partial charge in [0.2, 0.25) is 5.95 Å². The summed E-state index contributed by atoms with van der Waals surface area (Å²) in [5.41, 5.74) is 3.25. The summed E-state index contributed by atoms with van der Waals surface area (Å²) in [6.07, 6.45) is 3.35. The molecule has 3 aromatic carbocycles. The van der Waals surface area contributed by atoms with Gasteiger partial charge >= 0.3 is 0 Å². The summed E-state index contributed by atoms with van der Waals surface area (Å²) in [4.78, 5) is 37.5. The molecule has 6 rings (SSSR count). The fourth-order valence-electron chi connectivity index (χ4n) is 3.87. The maximum Gasteiger partial charge on any atom is 0.276 e. The average molecular weight is 447 g/mol. The molecule has 34 heavy (non-hydrogen) atoms. The minimum atomic E-state index is -0.399. The molecule has 0 unspecified atom stereocenters. The summed E-state index contributed by atoms with van der Waals surface area (Å²) in [5, 5.41) is 15.3. The summed E-state index contributed by atoms with van der Waals surface area (Å²) < 4.78 is 0. The monoisotopic (exact) mass is 447 g/mol. The zero-order valence-electron chi connectivity index (χ0n) is 17.7. The van der Waals surface area contributed by atoms with Crippen LogP contribution in [0.2, 0.25) is 0 Å². The number of benzene rings is 3. The second-order valence-electron chi connectivity index (χ2n) is 7.78. The lowest BCUT2D eigenvalue weighted by Gasteiger charge is -2.06. The Hall–Kier alpha value is -5.05. The minimum Gasteiger partial charge on any atom is -0.324 e. The Balaban J connectivity index is 1.26. The van der Waals surface area contributed by atoms with Gasteiger partial charge in [0.15, 0.2) is 0 Å². The number of carbonyl (C=O) groups is 2. The molecule has 2 amide bonds. The number of nitrogens with zero attached hydrogens (tertiary/aromatic N) is 3. The number of amides is 2. The number of hydrogen-bond acceptors (Lipinski definition) is 5. The molecule has 3 aromatic heterocycles. The van der Waals surface area contributed by atoms with Crippen molar-refractivity contribution in [3.05, 3.63) is 90.4 Å². The standard InChI is InChI=1S/C25H17N7O2/c33-23(28-17-8-9-19-16(10-17)13-27-32-19)18-6-3-7-20-22(18)30-25(29-20)31-24(34)21-11-14-4-1-2-5-15(14)12-26-21/h1-13H,(H,27,32)(H,28,33)(H2,29,30,31,34). The Morgan fingerprint density at radius 2 is 1.65 bits per heavy atom. The van der Waals surface area contributed by atoms with Crippen LogP contribution in [0, 0.1) is 0 Å². The molecule has 0 saturated carbocycles. The number of pyridine rings is 1. The van der Waals surface area contributed by atoms with Crippen molar-refractivity contribution in [1.82, 2.24) is 25.1 Å². The Bertz CT molecular complexity index is 1720. The Morgan fingerprint density at radius 1 is 0.765 bits per heavy atom. The number of hydrogen-bond donors (Lipinski definition) is 4. The molecule has 0 fully saturated rings. The normalized spacial score (nSPS) is 11.2. The minimum absolute atomic E-state index is 0.232. The molecule has 164 valence electrons. The van der Waals surface area contributed by atoms with E-state index in [0.29, 0.717) is 22.3 Å². The van der Waals surface area contributed by atoms with Gasteiger partial charge in [-0.05, 0) is 41.8 Å². The highest BCUT2D eigenvalue weighted by atomic mass is 16.2. The largest absolute Gasteiger partial charge is 0.324 e. The van der Waals surface area contributed by atoms with E-state index < -0.39 is 5.91 Å². The van der Waals surface area contributed by atoms with E-state index in [4.69, 9.17) is 0 Å². The number of rotatable bonds is 4. The Kier molecular flexibility index (Phi) is 4.51. The van der Waals surface area contributed by atoms with Crippen molar-refractivity contribution >= 4 is 56.2 Å².